The molecule has 1 unspecified atom stereocenters. The highest BCUT2D eigenvalue weighted by molar-refractivity contribution is 6.33. The highest BCUT2D eigenvalue weighted by Gasteiger charge is 2.18. The number of aromatic nitrogens is 2. The second-order valence-electron chi connectivity index (χ2n) is 4.21. The van der Waals surface area contributed by atoms with Gasteiger partial charge in [-0.05, 0) is 19.3 Å². The summed E-state index contributed by atoms with van der Waals surface area (Å²) in [6, 6.07) is 1.72. The molecular weight excluding hydrogens is 261 g/mol. The van der Waals surface area contributed by atoms with E-state index in [1.54, 1.807) is 6.07 Å². The molecule has 0 bridgehead atoms. The summed E-state index contributed by atoms with van der Waals surface area (Å²) in [5.74, 6) is 0. The van der Waals surface area contributed by atoms with Crippen molar-refractivity contribution in [2.24, 2.45) is 0 Å². The fourth-order valence-corrected chi connectivity index (χ4v) is 2.34. The van der Waals surface area contributed by atoms with Gasteiger partial charge in [-0.15, -0.1) is 10.2 Å². The van der Waals surface area contributed by atoms with Crippen molar-refractivity contribution < 1.29 is 4.74 Å². The van der Waals surface area contributed by atoms with Gasteiger partial charge in [-0.3, -0.25) is 0 Å². The molecule has 0 amide bonds. The van der Waals surface area contributed by atoms with Gasteiger partial charge < -0.3 is 9.64 Å². The molecule has 0 aliphatic carbocycles. The predicted molar refractivity (Wildman–Crippen MR) is 68.9 cm³/mol. The van der Waals surface area contributed by atoms with Crippen molar-refractivity contribution >= 4 is 28.9 Å². The van der Waals surface area contributed by atoms with Crippen molar-refractivity contribution in [3.63, 3.8) is 0 Å². The third kappa shape index (κ3) is 3.44. The number of hydrogen-bond donors (Lipinski definition) is 0. The van der Waals surface area contributed by atoms with Crippen molar-refractivity contribution in [3.05, 3.63) is 16.4 Å². The predicted octanol–water partition coefficient (Wildman–Crippen LogP) is 2.79. The molecule has 1 aliphatic heterocycles. The third-order valence-corrected chi connectivity index (χ3v) is 3.32. The summed E-state index contributed by atoms with van der Waals surface area (Å²) in [5.41, 5.74) is 0.792. The van der Waals surface area contributed by atoms with Gasteiger partial charge >= 0.3 is 0 Å². The topological polar surface area (TPSA) is 38.2 Å². The van der Waals surface area contributed by atoms with Crippen LogP contribution in [0.3, 0.4) is 0 Å². The zero-order valence-corrected chi connectivity index (χ0v) is 11.2. The van der Waals surface area contributed by atoms with Gasteiger partial charge in [-0.1, -0.05) is 23.2 Å². The summed E-state index contributed by atoms with van der Waals surface area (Å²) in [4.78, 5) is 2.01. The Hall–Kier alpha value is -0.580. The number of nitrogens with zero attached hydrogens (tertiary/aromatic N) is 3. The average molecular weight is 276 g/mol. The SMILES string of the molecule is CN(CC1CCCCO1)c1cc(Cl)nnc1Cl. The fourth-order valence-electron chi connectivity index (χ4n) is 1.97. The lowest BCUT2D eigenvalue weighted by Crippen LogP contribution is -2.33. The van der Waals surface area contributed by atoms with Gasteiger partial charge in [0.15, 0.2) is 10.3 Å². The first-order chi connectivity index (χ1) is 8.16. The number of likely N-dealkylation sites (N-methyl/N-ethyl adjacent to an activating group) is 1. The molecule has 1 aliphatic rings. The minimum Gasteiger partial charge on any atom is -0.376 e. The first kappa shape index (κ1) is 12.9. The highest BCUT2D eigenvalue weighted by atomic mass is 35.5. The molecule has 1 saturated heterocycles. The smallest absolute Gasteiger partial charge is 0.175 e. The molecule has 0 spiro atoms. The van der Waals surface area contributed by atoms with Crippen molar-refractivity contribution in [2.45, 2.75) is 25.4 Å². The lowest BCUT2D eigenvalue weighted by Gasteiger charge is -2.28. The quantitative estimate of drug-likeness (QED) is 0.850. The number of halogens is 2. The van der Waals surface area contributed by atoms with Crippen LogP contribution in [-0.2, 0) is 4.74 Å². The zero-order chi connectivity index (χ0) is 12.3. The molecule has 1 aromatic heterocycles. The summed E-state index contributed by atoms with van der Waals surface area (Å²) >= 11 is 11.8. The standard InChI is InChI=1S/C11H15Cl2N3O/c1-16(7-8-4-2-3-5-17-8)9-6-10(12)14-15-11(9)13/h6,8H,2-5,7H2,1H3. The van der Waals surface area contributed by atoms with Crippen LogP contribution in [0.25, 0.3) is 0 Å². The molecular formula is C11H15Cl2N3O. The summed E-state index contributed by atoms with van der Waals surface area (Å²) in [5, 5.41) is 8.20. The van der Waals surface area contributed by atoms with E-state index in [0.717, 1.165) is 31.7 Å². The van der Waals surface area contributed by atoms with Crippen molar-refractivity contribution in [1.82, 2.24) is 10.2 Å². The van der Waals surface area contributed by atoms with Gasteiger partial charge in [0, 0.05) is 26.3 Å². The van der Waals surface area contributed by atoms with E-state index in [1.165, 1.54) is 6.42 Å². The molecule has 0 radical (unpaired) electrons. The molecule has 1 atom stereocenters. The van der Waals surface area contributed by atoms with Crippen molar-refractivity contribution in [1.29, 1.82) is 0 Å². The van der Waals surface area contributed by atoms with E-state index in [9.17, 15) is 0 Å². The first-order valence-corrected chi connectivity index (χ1v) is 6.44. The Morgan fingerprint density at radius 1 is 1.41 bits per heavy atom. The summed E-state index contributed by atoms with van der Waals surface area (Å²) in [7, 11) is 1.96. The van der Waals surface area contributed by atoms with E-state index in [4.69, 9.17) is 27.9 Å². The van der Waals surface area contributed by atoms with Gasteiger partial charge in [0.25, 0.3) is 0 Å². The van der Waals surface area contributed by atoms with E-state index in [0.29, 0.717) is 10.3 Å². The lowest BCUT2D eigenvalue weighted by molar-refractivity contribution is 0.0216. The Morgan fingerprint density at radius 2 is 2.24 bits per heavy atom. The first-order valence-electron chi connectivity index (χ1n) is 5.68. The Bertz CT molecular complexity index is 383. The molecule has 1 aromatic rings. The normalized spacial score (nSPS) is 20.3. The maximum atomic E-state index is 5.99. The van der Waals surface area contributed by atoms with Crippen LogP contribution in [0.2, 0.25) is 10.3 Å². The number of ether oxygens (including phenoxy) is 1. The lowest BCUT2D eigenvalue weighted by atomic mass is 10.1. The summed E-state index contributed by atoms with van der Waals surface area (Å²) < 4.78 is 5.69. The van der Waals surface area contributed by atoms with Gasteiger partial charge in [0.1, 0.15) is 0 Å². The number of hydrogen-bond acceptors (Lipinski definition) is 4. The van der Waals surface area contributed by atoms with Crippen molar-refractivity contribution in [2.75, 3.05) is 25.1 Å². The van der Waals surface area contributed by atoms with Gasteiger partial charge in [0.2, 0.25) is 0 Å². The molecule has 2 heterocycles. The van der Waals surface area contributed by atoms with Gasteiger partial charge in [0.05, 0.1) is 11.8 Å². The van der Waals surface area contributed by atoms with E-state index in [-0.39, 0.29) is 6.10 Å². The molecule has 94 valence electrons. The van der Waals surface area contributed by atoms with E-state index in [1.807, 2.05) is 11.9 Å². The van der Waals surface area contributed by atoms with Crippen LogP contribution in [0, 0.1) is 0 Å². The monoisotopic (exact) mass is 275 g/mol. The largest absolute Gasteiger partial charge is 0.376 e. The number of rotatable bonds is 3. The number of anilines is 1. The van der Waals surface area contributed by atoms with Crippen LogP contribution in [0.15, 0.2) is 6.07 Å². The summed E-state index contributed by atoms with van der Waals surface area (Å²) in [6.07, 6.45) is 3.73. The zero-order valence-electron chi connectivity index (χ0n) is 9.70. The van der Waals surface area contributed by atoms with Crippen molar-refractivity contribution in [3.8, 4) is 0 Å². The molecule has 0 saturated carbocycles. The fraction of sp³-hybridized carbons (Fsp3) is 0.636. The molecule has 0 N–H and O–H groups in total. The molecule has 6 heteroatoms. The van der Waals surface area contributed by atoms with E-state index >= 15 is 0 Å². The maximum absolute atomic E-state index is 5.99. The third-order valence-electron chi connectivity index (χ3n) is 2.86. The van der Waals surface area contributed by atoms with Crippen LogP contribution in [0.1, 0.15) is 19.3 Å². The Morgan fingerprint density at radius 3 is 2.94 bits per heavy atom. The second kappa shape index (κ2) is 5.85. The average Bonchev–Trinajstić information content (AvgIpc) is 2.33. The minimum atomic E-state index is 0.261. The van der Waals surface area contributed by atoms with Crippen LogP contribution in [0.5, 0.6) is 0 Å². The van der Waals surface area contributed by atoms with Crippen LogP contribution >= 0.6 is 23.2 Å². The van der Waals surface area contributed by atoms with Gasteiger partial charge in [-0.2, -0.15) is 0 Å². The molecule has 4 nitrogen and oxygen atoms in total. The van der Waals surface area contributed by atoms with Crippen LogP contribution in [-0.4, -0.2) is 36.5 Å². The van der Waals surface area contributed by atoms with E-state index in [2.05, 4.69) is 10.2 Å². The Labute approximate surface area is 111 Å². The second-order valence-corrected chi connectivity index (χ2v) is 4.96. The van der Waals surface area contributed by atoms with E-state index < -0.39 is 0 Å². The van der Waals surface area contributed by atoms with Gasteiger partial charge in [-0.25, -0.2) is 0 Å². The molecule has 0 aromatic carbocycles. The Balaban J connectivity index is 2.02. The molecule has 2 rings (SSSR count). The molecule has 17 heavy (non-hydrogen) atoms. The van der Waals surface area contributed by atoms with Crippen LogP contribution < -0.4 is 4.90 Å². The summed E-state index contributed by atoms with van der Waals surface area (Å²) in [6.45, 7) is 1.64. The Kier molecular flexibility index (Phi) is 4.42. The maximum Gasteiger partial charge on any atom is 0.175 e. The minimum absolute atomic E-state index is 0.261. The highest BCUT2D eigenvalue weighted by Crippen LogP contribution is 2.25. The molecule has 1 fully saturated rings. The van der Waals surface area contributed by atoms with Crippen LogP contribution in [0.4, 0.5) is 5.69 Å².